The van der Waals surface area contributed by atoms with Gasteiger partial charge in [-0.2, -0.15) is 9.97 Å². The van der Waals surface area contributed by atoms with Crippen molar-refractivity contribution in [3.63, 3.8) is 0 Å². The summed E-state index contributed by atoms with van der Waals surface area (Å²) in [5, 5.41) is 40.0. The van der Waals surface area contributed by atoms with Crippen LogP contribution in [0.2, 0.25) is 10.0 Å². The molecule has 0 saturated carbocycles. The Hall–Kier alpha value is -4.70. The van der Waals surface area contributed by atoms with E-state index in [2.05, 4.69) is 9.97 Å². The predicted octanol–water partition coefficient (Wildman–Crippen LogP) is 6.06. The van der Waals surface area contributed by atoms with Crippen molar-refractivity contribution in [2.75, 3.05) is 27.3 Å². The van der Waals surface area contributed by atoms with E-state index in [-0.39, 0.29) is 72.7 Å². The Balaban J connectivity index is 1.14. The number of carboxylic acid groups (broad SMARTS) is 2. The van der Waals surface area contributed by atoms with Gasteiger partial charge >= 0.3 is 11.9 Å². The maximum atomic E-state index is 11.9. The lowest BCUT2D eigenvalue weighted by Crippen LogP contribution is -2.48. The summed E-state index contributed by atoms with van der Waals surface area (Å²) in [6.07, 6.45) is -0.112. The zero-order valence-electron chi connectivity index (χ0n) is 32.8. The number of carbonyl (C=O) groups is 2. The van der Waals surface area contributed by atoms with E-state index in [4.69, 9.17) is 42.1 Å². The number of methoxy groups -OCH3 is 2. The van der Waals surface area contributed by atoms with Gasteiger partial charge in [-0.15, -0.1) is 0 Å². The number of piperidine rings is 2. The molecule has 14 nitrogen and oxygen atoms in total. The van der Waals surface area contributed by atoms with Gasteiger partial charge in [-0.25, -0.2) is 0 Å². The molecule has 2 aliphatic rings. The highest BCUT2D eigenvalue weighted by Gasteiger charge is 2.35. The highest BCUT2D eigenvalue weighted by Crippen LogP contribution is 2.36. The molecule has 4 aromatic rings. The standard InChI is InChI=1S/C42H48Cl2N4O10/c1-23-25(21-57-39-33(43)15-27(37(45-39)55-3)19-47-13-11-29(49)17-35(47)41(51)52)7-5-9-31(23)32-10-6-8-26(24(32)2)22-58-40-34(44)16-28(38(46-40)56-4)20-48-14-12-30(50)18-36(48)42(53)54/h5-10,15-16,29-30,35-36,49-50H,11-14,17-22H2,1-4H3,(H,51,52)(H,53,54)/t29-,30-,35+,36+/m1/s1. The van der Waals surface area contributed by atoms with Crippen LogP contribution < -0.4 is 18.9 Å². The number of nitrogens with zero attached hydrogens (tertiary/aromatic N) is 4. The number of pyridine rings is 2. The van der Waals surface area contributed by atoms with E-state index in [1.165, 1.54) is 14.2 Å². The zero-order chi connectivity index (χ0) is 41.7. The first-order valence-electron chi connectivity index (χ1n) is 19.0. The lowest BCUT2D eigenvalue weighted by molar-refractivity contribution is -0.147. The summed E-state index contributed by atoms with van der Waals surface area (Å²) in [4.78, 5) is 36.4. The van der Waals surface area contributed by atoms with Crippen LogP contribution in [0.3, 0.4) is 0 Å². The largest absolute Gasteiger partial charge is 0.481 e. The fraction of sp³-hybridized carbons (Fsp3) is 0.429. The molecule has 4 heterocycles. The quantitative estimate of drug-likeness (QED) is 0.108. The van der Waals surface area contributed by atoms with Crippen LogP contribution in [0, 0.1) is 13.8 Å². The van der Waals surface area contributed by atoms with Crippen LogP contribution in [0.15, 0.2) is 48.5 Å². The lowest BCUT2D eigenvalue weighted by atomic mass is 9.92. The Labute approximate surface area is 346 Å². The molecule has 4 N–H and O–H groups in total. The summed E-state index contributed by atoms with van der Waals surface area (Å²) in [7, 11) is 2.96. The number of aromatic nitrogens is 2. The molecule has 2 saturated heterocycles. The van der Waals surface area contributed by atoms with E-state index >= 15 is 0 Å². The average molecular weight is 840 g/mol. The minimum Gasteiger partial charge on any atom is -0.481 e. The van der Waals surface area contributed by atoms with Crippen LogP contribution in [0.4, 0.5) is 0 Å². The third-order valence-corrected chi connectivity index (χ3v) is 11.5. The zero-order valence-corrected chi connectivity index (χ0v) is 34.3. The van der Waals surface area contributed by atoms with Crippen LogP contribution in [0.25, 0.3) is 11.1 Å². The number of aliphatic hydroxyl groups is 2. The van der Waals surface area contributed by atoms with Gasteiger partial charge in [0.1, 0.15) is 35.3 Å². The lowest BCUT2D eigenvalue weighted by Gasteiger charge is -2.35. The van der Waals surface area contributed by atoms with Crippen molar-refractivity contribution in [3.8, 4) is 34.6 Å². The van der Waals surface area contributed by atoms with E-state index in [1.807, 2.05) is 50.2 Å². The molecule has 0 radical (unpaired) electrons. The van der Waals surface area contributed by atoms with Gasteiger partial charge in [0.15, 0.2) is 0 Å². The summed E-state index contributed by atoms with van der Waals surface area (Å²) >= 11 is 13.3. The summed E-state index contributed by atoms with van der Waals surface area (Å²) < 4.78 is 23.4. The molecule has 0 spiro atoms. The third kappa shape index (κ3) is 9.76. The molecule has 16 heteroatoms. The highest BCUT2D eigenvalue weighted by molar-refractivity contribution is 6.32. The van der Waals surface area contributed by atoms with Gasteiger partial charge in [-0.3, -0.25) is 19.4 Å². The van der Waals surface area contributed by atoms with Crippen molar-refractivity contribution in [1.82, 2.24) is 19.8 Å². The van der Waals surface area contributed by atoms with Gasteiger partial charge in [-0.1, -0.05) is 59.6 Å². The molecule has 6 rings (SSSR count). The first-order chi connectivity index (χ1) is 27.8. The number of benzene rings is 2. The van der Waals surface area contributed by atoms with Crippen molar-refractivity contribution in [2.24, 2.45) is 0 Å². The van der Waals surface area contributed by atoms with Gasteiger partial charge in [-0.05, 0) is 85.0 Å². The van der Waals surface area contributed by atoms with Gasteiger partial charge < -0.3 is 39.4 Å². The average Bonchev–Trinajstić information content (AvgIpc) is 3.19. The van der Waals surface area contributed by atoms with Crippen molar-refractivity contribution in [3.05, 3.63) is 92.0 Å². The molecule has 0 unspecified atom stereocenters. The number of halogens is 2. The number of rotatable bonds is 15. The fourth-order valence-electron chi connectivity index (χ4n) is 7.65. The van der Waals surface area contributed by atoms with Gasteiger partial charge in [0.2, 0.25) is 23.5 Å². The Morgan fingerprint density at radius 1 is 0.672 bits per heavy atom. The summed E-state index contributed by atoms with van der Waals surface area (Å²) in [5.41, 5.74) is 7.03. The second-order valence-corrected chi connectivity index (χ2v) is 15.5. The molecule has 310 valence electrons. The summed E-state index contributed by atoms with van der Waals surface area (Å²) in [6.45, 7) is 5.65. The van der Waals surface area contributed by atoms with Gasteiger partial charge in [0.25, 0.3) is 0 Å². The maximum absolute atomic E-state index is 11.9. The van der Waals surface area contributed by atoms with E-state index in [0.29, 0.717) is 37.1 Å². The second kappa shape index (κ2) is 18.9. The molecule has 0 bridgehead atoms. The van der Waals surface area contributed by atoms with Gasteiger partial charge in [0, 0.05) is 37.3 Å². The topological polar surface area (TPSA) is 184 Å². The molecule has 0 amide bonds. The Morgan fingerprint density at radius 2 is 1.07 bits per heavy atom. The normalized spacial score (nSPS) is 20.1. The number of ether oxygens (including phenoxy) is 4. The van der Waals surface area contributed by atoms with Crippen LogP contribution in [0.1, 0.15) is 59.1 Å². The van der Waals surface area contributed by atoms with E-state index in [0.717, 1.165) is 33.4 Å². The van der Waals surface area contributed by atoms with Crippen LogP contribution in [-0.2, 0) is 35.9 Å². The first kappa shape index (κ1) is 42.9. The van der Waals surface area contributed by atoms with Gasteiger partial charge in [0.05, 0.1) is 26.4 Å². The Morgan fingerprint density at radius 3 is 1.43 bits per heavy atom. The summed E-state index contributed by atoms with van der Waals surface area (Å²) in [5.74, 6) is -1.09. The SMILES string of the molecule is COc1nc(OCc2cccc(-c3cccc(COc4nc(OC)c(CN5CC[C@@H](O)C[C@H]5C(=O)O)cc4Cl)c3C)c2C)c(Cl)cc1CN1CC[C@@H](O)C[C@H]1C(=O)O. The van der Waals surface area contributed by atoms with Crippen molar-refractivity contribution in [2.45, 2.75) is 90.1 Å². The van der Waals surface area contributed by atoms with E-state index in [1.54, 1.807) is 21.9 Å². The summed E-state index contributed by atoms with van der Waals surface area (Å²) in [6, 6.07) is 13.6. The van der Waals surface area contributed by atoms with E-state index in [9.17, 15) is 30.0 Å². The number of likely N-dealkylation sites (tertiary alicyclic amines) is 2. The smallest absolute Gasteiger partial charge is 0.321 e. The molecule has 0 aliphatic carbocycles. The maximum Gasteiger partial charge on any atom is 0.321 e. The monoisotopic (exact) mass is 838 g/mol. The number of carboxylic acids is 2. The van der Waals surface area contributed by atoms with Crippen molar-refractivity contribution >= 4 is 35.1 Å². The molecule has 58 heavy (non-hydrogen) atoms. The molecular formula is C42H48Cl2N4O10. The number of aliphatic hydroxyl groups excluding tert-OH is 2. The van der Waals surface area contributed by atoms with Crippen molar-refractivity contribution < 1.29 is 49.0 Å². The molecule has 2 aliphatic heterocycles. The predicted molar refractivity (Wildman–Crippen MR) is 216 cm³/mol. The minimum absolute atomic E-state index is 0.139. The molecule has 2 aromatic carbocycles. The fourth-order valence-corrected chi connectivity index (χ4v) is 8.10. The molecular weight excluding hydrogens is 791 g/mol. The third-order valence-electron chi connectivity index (χ3n) is 11.0. The Bertz CT molecular complexity index is 1990. The van der Waals surface area contributed by atoms with Crippen LogP contribution >= 0.6 is 23.2 Å². The second-order valence-electron chi connectivity index (χ2n) is 14.6. The number of hydrogen-bond acceptors (Lipinski definition) is 12. The molecule has 2 aromatic heterocycles. The van der Waals surface area contributed by atoms with E-state index < -0.39 is 36.2 Å². The molecule has 4 atom stereocenters. The van der Waals surface area contributed by atoms with Crippen LogP contribution in [-0.4, -0.2) is 104 Å². The van der Waals surface area contributed by atoms with Crippen LogP contribution in [0.5, 0.6) is 23.5 Å². The highest BCUT2D eigenvalue weighted by atomic mass is 35.5. The first-order valence-corrected chi connectivity index (χ1v) is 19.7. The number of hydrogen-bond donors (Lipinski definition) is 4. The van der Waals surface area contributed by atoms with Crippen molar-refractivity contribution in [1.29, 1.82) is 0 Å². The minimum atomic E-state index is -0.998. The molecule has 2 fully saturated rings. The number of aliphatic carboxylic acids is 2. The Kier molecular flexibility index (Phi) is 14.0.